The summed E-state index contributed by atoms with van der Waals surface area (Å²) in [7, 11) is 0. The van der Waals surface area contributed by atoms with E-state index in [-0.39, 0.29) is 5.54 Å². The van der Waals surface area contributed by atoms with Gasteiger partial charge in [0, 0.05) is 25.2 Å². The zero-order valence-corrected chi connectivity index (χ0v) is 12.4. The van der Waals surface area contributed by atoms with Crippen LogP contribution in [-0.4, -0.2) is 48.8 Å². The summed E-state index contributed by atoms with van der Waals surface area (Å²) in [4.78, 5) is 2.54. The molecule has 1 aliphatic rings. The molecule has 0 spiro atoms. The first kappa shape index (κ1) is 14.9. The average Bonchev–Trinajstić information content (AvgIpc) is 2.11. The van der Waals surface area contributed by atoms with Gasteiger partial charge in [-0.25, -0.2) is 0 Å². The molecule has 0 aromatic carbocycles. The summed E-state index contributed by atoms with van der Waals surface area (Å²) in [5, 5.41) is 3.58. The first-order valence-corrected chi connectivity index (χ1v) is 6.89. The summed E-state index contributed by atoms with van der Waals surface area (Å²) in [6, 6.07) is 0. The van der Waals surface area contributed by atoms with Crippen LogP contribution < -0.4 is 5.32 Å². The van der Waals surface area contributed by atoms with E-state index in [1.807, 2.05) is 0 Å². The van der Waals surface area contributed by atoms with Crippen LogP contribution in [0.3, 0.4) is 0 Å². The standard InChI is InChI=1S/C14H30N2O/c1-11(7-15-14(4,5)6)8-16-9-12(2)17-13(3)10-16/h11-13,15H,7-10H2,1-6H3/t11?,12-,13+. The quantitative estimate of drug-likeness (QED) is 0.817. The summed E-state index contributed by atoms with van der Waals surface area (Å²) in [5.74, 6) is 0.687. The molecular formula is C14H30N2O. The summed E-state index contributed by atoms with van der Waals surface area (Å²) < 4.78 is 5.75. The van der Waals surface area contributed by atoms with Gasteiger partial charge >= 0.3 is 0 Å². The van der Waals surface area contributed by atoms with Crippen LogP contribution in [-0.2, 0) is 4.74 Å². The first-order chi connectivity index (χ1) is 7.76. The topological polar surface area (TPSA) is 24.5 Å². The highest BCUT2D eigenvalue weighted by Gasteiger charge is 2.23. The molecule has 0 aromatic heterocycles. The maximum atomic E-state index is 5.75. The molecule has 1 rings (SSSR count). The highest BCUT2D eigenvalue weighted by atomic mass is 16.5. The van der Waals surface area contributed by atoms with Crippen molar-refractivity contribution in [1.29, 1.82) is 0 Å². The number of rotatable bonds is 4. The van der Waals surface area contributed by atoms with Crippen LogP contribution in [0.5, 0.6) is 0 Å². The molecule has 1 heterocycles. The number of nitrogens with one attached hydrogen (secondary N) is 1. The Morgan fingerprint density at radius 2 is 1.76 bits per heavy atom. The largest absolute Gasteiger partial charge is 0.373 e. The summed E-state index contributed by atoms with van der Waals surface area (Å²) >= 11 is 0. The maximum absolute atomic E-state index is 5.75. The van der Waals surface area contributed by atoms with Gasteiger partial charge in [-0.05, 0) is 47.1 Å². The molecule has 1 unspecified atom stereocenters. The van der Waals surface area contributed by atoms with Gasteiger partial charge in [0.25, 0.3) is 0 Å². The molecule has 0 bridgehead atoms. The molecule has 0 aromatic rings. The van der Waals surface area contributed by atoms with E-state index in [1.165, 1.54) is 6.54 Å². The van der Waals surface area contributed by atoms with Crippen LogP contribution in [0.4, 0.5) is 0 Å². The van der Waals surface area contributed by atoms with Gasteiger partial charge in [-0.15, -0.1) is 0 Å². The molecule has 1 aliphatic heterocycles. The van der Waals surface area contributed by atoms with Gasteiger partial charge in [0.05, 0.1) is 12.2 Å². The van der Waals surface area contributed by atoms with Gasteiger partial charge in [0.2, 0.25) is 0 Å². The number of morpholine rings is 1. The fourth-order valence-electron chi connectivity index (χ4n) is 2.42. The van der Waals surface area contributed by atoms with E-state index in [4.69, 9.17) is 4.74 Å². The fraction of sp³-hybridized carbons (Fsp3) is 1.00. The van der Waals surface area contributed by atoms with Gasteiger partial charge in [0.1, 0.15) is 0 Å². The summed E-state index contributed by atoms with van der Waals surface area (Å²) in [5.41, 5.74) is 0.222. The van der Waals surface area contributed by atoms with Crippen molar-refractivity contribution in [2.45, 2.75) is 59.3 Å². The van der Waals surface area contributed by atoms with Crippen LogP contribution in [0.2, 0.25) is 0 Å². The lowest BCUT2D eigenvalue weighted by Crippen LogP contribution is -2.48. The molecule has 3 nitrogen and oxygen atoms in total. The number of nitrogens with zero attached hydrogens (tertiary/aromatic N) is 1. The Hall–Kier alpha value is -0.120. The van der Waals surface area contributed by atoms with E-state index in [0.29, 0.717) is 18.1 Å². The van der Waals surface area contributed by atoms with Crippen LogP contribution in [0, 0.1) is 5.92 Å². The minimum atomic E-state index is 0.222. The maximum Gasteiger partial charge on any atom is 0.0678 e. The fourth-order valence-corrected chi connectivity index (χ4v) is 2.42. The molecule has 3 heteroatoms. The highest BCUT2D eigenvalue weighted by molar-refractivity contribution is 4.77. The molecular weight excluding hydrogens is 212 g/mol. The van der Waals surface area contributed by atoms with Crippen molar-refractivity contribution >= 4 is 0 Å². The Labute approximate surface area is 107 Å². The van der Waals surface area contributed by atoms with E-state index >= 15 is 0 Å². The number of ether oxygens (including phenoxy) is 1. The second kappa shape index (κ2) is 6.17. The molecule has 0 radical (unpaired) electrons. The highest BCUT2D eigenvalue weighted by Crippen LogP contribution is 2.12. The van der Waals surface area contributed by atoms with Gasteiger partial charge in [-0.2, -0.15) is 0 Å². The Bertz CT molecular complexity index is 215. The van der Waals surface area contributed by atoms with Crippen LogP contribution in [0.1, 0.15) is 41.5 Å². The lowest BCUT2D eigenvalue weighted by molar-refractivity contribution is -0.0709. The molecule has 1 N–H and O–H groups in total. The van der Waals surface area contributed by atoms with E-state index in [9.17, 15) is 0 Å². The van der Waals surface area contributed by atoms with Crippen molar-refractivity contribution in [3.05, 3.63) is 0 Å². The second-order valence-electron chi connectivity index (χ2n) is 6.71. The van der Waals surface area contributed by atoms with Crippen LogP contribution in [0.15, 0.2) is 0 Å². The smallest absolute Gasteiger partial charge is 0.0678 e. The summed E-state index contributed by atoms with van der Waals surface area (Å²) in [6.45, 7) is 17.7. The number of hydrogen-bond acceptors (Lipinski definition) is 3. The average molecular weight is 242 g/mol. The number of hydrogen-bond donors (Lipinski definition) is 1. The first-order valence-electron chi connectivity index (χ1n) is 6.89. The molecule has 0 amide bonds. The molecule has 0 saturated carbocycles. The lowest BCUT2D eigenvalue weighted by atomic mass is 10.1. The summed E-state index contributed by atoms with van der Waals surface area (Å²) in [6.07, 6.45) is 0.753. The van der Waals surface area contributed by atoms with Gasteiger partial charge in [-0.3, -0.25) is 4.90 Å². The Morgan fingerprint density at radius 3 is 2.24 bits per heavy atom. The Kier molecular flexibility index (Phi) is 5.42. The predicted octanol–water partition coefficient (Wildman–Crippen LogP) is 2.12. The molecule has 0 aliphatic carbocycles. The third kappa shape index (κ3) is 6.39. The Balaban J connectivity index is 2.28. The lowest BCUT2D eigenvalue weighted by Gasteiger charge is -2.37. The van der Waals surface area contributed by atoms with Crippen molar-refractivity contribution in [3.63, 3.8) is 0 Å². The zero-order chi connectivity index (χ0) is 13.1. The molecule has 102 valence electrons. The van der Waals surface area contributed by atoms with Crippen molar-refractivity contribution in [1.82, 2.24) is 10.2 Å². The predicted molar refractivity (Wildman–Crippen MR) is 73.4 cm³/mol. The molecule has 17 heavy (non-hydrogen) atoms. The molecule has 1 saturated heterocycles. The minimum Gasteiger partial charge on any atom is -0.373 e. The van der Waals surface area contributed by atoms with E-state index < -0.39 is 0 Å². The third-order valence-corrected chi connectivity index (χ3v) is 3.05. The zero-order valence-electron chi connectivity index (χ0n) is 12.4. The van der Waals surface area contributed by atoms with Crippen molar-refractivity contribution in [2.24, 2.45) is 5.92 Å². The van der Waals surface area contributed by atoms with Crippen molar-refractivity contribution in [3.8, 4) is 0 Å². The minimum absolute atomic E-state index is 0.222. The monoisotopic (exact) mass is 242 g/mol. The normalized spacial score (nSPS) is 29.3. The van der Waals surface area contributed by atoms with Crippen molar-refractivity contribution in [2.75, 3.05) is 26.2 Å². The van der Waals surface area contributed by atoms with Crippen molar-refractivity contribution < 1.29 is 4.74 Å². The van der Waals surface area contributed by atoms with E-state index in [2.05, 4.69) is 51.8 Å². The molecule has 1 fully saturated rings. The van der Waals surface area contributed by atoms with Gasteiger partial charge in [-0.1, -0.05) is 6.92 Å². The van der Waals surface area contributed by atoms with Crippen LogP contribution in [0.25, 0.3) is 0 Å². The van der Waals surface area contributed by atoms with E-state index in [0.717, 1.165) is 19.6 Å². The Morgan fingerprint density at radius 1 is 1.24 bits per heavy atom. The van der Waals surface area contributed by atoms with Gasteiger partial charge in [0.15, 0.2) is 0 Å². The van der Waals surface area contributed by atoms with Crippen LogP contribution >= 0.6 is 0 Å². The van der Waals surface area contributed by atoms with Gasteiger partial charge < -0.3 is 10.1 Å². The SMILES string of the molecule is CC(CNC(C)(C)C)CN1C[C@@H](C)O[C@@H](C)C1. The third-order valence-electron chi connectivity index (χ3n) is 3.05. The van der Waals surface area contributed by atoms with E-state index in [1.54, 1.807) is 0 Å². The molecule has 3 atom stereocenters. The second-order valence-corrected chi connectivity index (χ2v) is 6.71.